The number of methoxy groups -OCH3 is 1. The Kier molecular flexibility index (Phi) is 6.55. The second-order valence-electron chi connectivity index (χ2n) is 6.26. The minimum absolute atomic E-state index is 0.0259. The number of carbonyl (C=O) groups is 1. The van der Waals surface area contributed by atoms with Gasteiger partial charge in [0, 0.05) is 13.1 Å². The van der Waals surface area contributed by atoms with Crippen LogP contribution in [0.2, 0.25) is 5.02 Å². The van der Waals surface area contributed by atoms with Crippen molar-refractivity contribution in [2.75, 3.05) is 33.4 Å². The number of para-hydroxylation sites is 1. The van der Waals surface area contributed by atoms with Gasteiger partial charge in [-0.15, -0.1) is 0 Å². The molecule has 0 radical (unpaired) electrons. The van der Waals surface area contributed by atoms with Crippen molar-refractivity contribution in [3.8, 4) is 11.5 Å². The highest BCUT2D eigenvalue weighted by Gasteiger charge is 2.32. The molecule has 1 saturated heterocycles. The Morgan fingerprint density at radius 3 is 2.78 bits per heavy atom. The molecule has 0 saturated carbocycles. The third kappa shape index (κ3) is 4.91. The minimum atomic E-state index is -0.857. The van der Waals surface area contributed by atoms with Crippen LogP contribution in [0.3, 0.4) is 0 Å². The van der Waals surface area contributed by atoms with E-state index < -0.39 is 12.1 Å². The molecule has 27 heavy (non-hydrogen) atoms. The lowest BCUT2D eigenvalue weighted by Gasteiger charge is -2.36. The molecule has 3 rings (SSSR count). The van der Waals surface area contributed by atoms with Crippen molar-refractivity contribution in [3.63, 3.8) is 0 Å². The monoisotopic (exact) mass is 391 g/mol. The first-order valence-electron chi connectivity index (χ1n) is 8.68. The second-order valence-corrected chi connectivity index (χ2v) is 6.67. The van der Waals surface area contributed by atoms with E-state index in [0.29, 0.717) is 36.2 Å². The molecule has 7 heteroatoms. The van der Waals surface area contributed by atoms with Crippen LogP contribution < -0.4 is 9.47 Å². The van der Waals surface area contributed by atoms with E-state index in [2.05, 4.69) is 0 Å². The average Bonchev–Trinajstić information content (AvgIpc) is 2.66. The van der Waals surface area contributed by atoms with Crippen LogP contribution in [0.5, 0.6) is 11.5 Å². The van der Waals surface area contributed by atoms with Crippen LogP contribution in [0.15, 0.2) is 48.5 Å². The lowest BCUT2D eigenvalue weighted by Crippen LogP contribution is -2.47. The van der Waals surface area contributed by atoms with Crippen molar-refractivity contribution in [2.45, 2.75) is 12.2 Å². The Hall–Kier alpha value is -2.28. The summed E-state index contributed by atoms with van der Waals surface area (Å²) in [6.45, 7) is 1.44. The highest BCUT2D eigenvalue weighted by Crippen LogP contribution is 2.38. The molecule has 0 aliphatic carbocycles. The molecule has 1 aliphatic heterocycles. The van der Waals surface area contributed by atoms with Crippen LogP contribution in [0.1, 0.15) is 11.7 Å². The molecule has 2 aromatic carbocycles. The van der Waals surface area contributed by atoms with Gasteiger partial charge < -0.3 is 19.3 Å². The van der Waals surface area contributed by atoms with Gasteiger partial charge in [0.25, 0.3) is 0 Å². The summed E-state index contributed by atoms with van der Waals surface area (Å²) in [5.74, 6) is 0.112. The number of morpholine rings is 1. The molecular formula is C20H22ClNO5. The van der Waals surface area contributed by atoms with Crippen molar-refractivity contribution in [3.05, 3.63) is 59.1 Å². The Morgan fingerprint density at radius 1 is 1.30 bits per heavy atom. The summed E-state index contributed by atoms with van der Waals surface area (Å²) in [5, 5.41) is 9.55. The maximum absolute atomic E-state index is 11.1. The molecule has 2 aromatic rings. The third-order valence-electron chi connectivity index (χ3n) is 4.39. The fourth-order valence-corrected chi connectivity index (χ4v) is 3.41. The maximum atomic E-state index is 11.1. The van der Waals surface area contributed by atoms with Crippen molar-refractivity contribution >= 4 is 17.6 Å². The van der Waals surface area contributed by atoms with E-state index >= 15 is 0 Å². The molecule has 0 spiro atoms. The summed E-state index contributed by atoms with van der Waals surface area (Å²) in [7, 11) is 1.54. The molecule has 0 bridgehead atoms. The first kappa shape index (κ1) is 19.5. The average molecular weight is 392 g/mol. The Balaban J connectivity index is 1.88. The van der Waals surface area contributed by atoms with Crippen molar-refractivity contribution in [2.24, 2.45) is 0 Å². The zero-order chi connectivity index (χ0) is 19.2. The zero-order valence-corrected chi connectivity index (χ0v) is 15.8. The highest BCUT2D eigenvalue weighted by molar-refractivity contribution is 6.32. The number of halogens is 1. The van der Waals surface area contributed by atoms with Crippen LogP contribution in [0, 0.1) is 0 Å². The molecule has 0 aromatic heterocycles. The SMILES string of the molecule is COc1c(Cl)cccc1OC(c1ccccc1)C1CN(CC(=O)O)CCO1. The number of nitrogens with zero attached hydrogens (tertiary/aromatic N) is 1. The normalized spacial score (nSPS) is 18.7. The molecule has 1 N–H and O–H groups in total. The van der Waals surface area contributed by atoms with E-state index in [1.165, 1.54) is 7.11 Å². The first-order chi connectivity index (χ1) is 13.1. The lowest BCUT2D eigenvalue weighted by molar-refractivity contribution is -0.141. The number of rotatable bonds is 7. The largest absolute Gasteiger partial charge is 0.491 e. The van der Waals surface area contributed by atoms with Gasteiger partial charge in [0.05, 0.1) is 25.3 Å². The summed E-state index contributed by atoms with van der Waals surface area (Å²) in [6.07, 6.45) is -0.764. The summed E-state index contributed by atoms with van der Waals surface area (Å²) < 4.78 is 17.6. The number of carboxylic acids is 1. The number of hydrogen-bond acceptors (Lipinski definition) is 5. The zero-order valence-electron chi connectivity index (χ0n) is 15.0. The van der Waals surface area contributed by atoms with Gasteiger partial charge in [-0.05, 0) is 17.7 Å². The molecule has 1 fully saturated rings. The summed E-state index contributed by atoms with van der Waals surface area (Å²) in [5.41, 5.74) is 0.932. The van der Waals surface area contributed by atoms with Gasteiger partial charge in [0.1, 0.15) is 6.10 Å². The first-order valence-corrected chi connectivity index (χ1v) is 9.06. The molecule has 6 nitrogen and oxygen atoms in total. The molecule has 0 amide bonds. The van der Waals surface area contributed by atoms with Gasteiger partial charge in [0.2, 0.25) is 0 Å². The Bertz CT molecular complexity index is 770. The number of carboxylic acid groups (broad SMARTS) is 1. The van der Waals surface area contributed by atoms with Crippen LogP contribution in [-0.4, -0.2) is 55.4 Å². The van der Waals surface area contributed by atoms with E-state index in [1.54, 1.807) is 18.2 Å². The summed E-state index contributed by atoms with van der Waals surface area (Å²) in [6, 6.07) is 15.0. The van der Waals surface area contributed by atoms with Gasteiger partial charge in [-0.25, -0.2) is 0 Å². The molecule has 1 aliphatic rings. The smallest absolute Gasteiger partial charge is 0.317 e. The predicted molar refractivity (Wildman–Crippen MR) is 102 cm³/mol. The molecule has 1 heterocycles. The van der Waals surface area contributed by atoms with E-state index in [1.807, 2.05) is 35.2 Å². The molecule has 144 valence electrons. The molecule has 2 unspecified atom stereocenters. The number of aliphatic carboxylic acids is 1. The number of ether oxygens (including phenoxy) is 3. The fourth-order valence-electron chi connectivity index (χ4n) is 3.17. The van der Waals surface area contributed by atoms with Gasteiger partial charge in [-0.1, -0.05) is 48.0 Å². The van der Waals surface area contributed by atoms with E-state index in [4.69, 9.17) is 30.9 Å². The van der Waals surface area contributed by atoms with Crippen molar-refractivity contribution in [1.82, 2.24) is 4.90 Å². The topological polar surface area (TPSA) is 68.2 Å². The standard InChI is InChI=1S/C20H22ClNO5/c1-25-20-15(21)8-5-9-16(20)27-19(14-6-3-2-4-7-14)17-12-22(10-11-26-17)13-18(23)24/h2-9,17,19H,10-13H2,1H3,(H,23,24). The maximum Gasteiger partial charge on any atom is 0.317 e. The second kappa shape index (κ2) is 9.08. The van der Waals surface area contributed by atoms with Crippen molar-refractivity contribution < 1.29 is 24.1 Å². The molecule has 2 atom stereocenters. The van der Waals surface area contributed by atoms with E-state index in [0.717, 1.165) is 5.56 Å². The third-order valence-corrected chi connectivity index (χ3v) is 4.69. The van der Waals surface area contributed by atoms with Crippen LogP contribution in [-0.2, 0) is 9.53 Å². The van der Waals surface area contributed by atoms with Gasteiger partial charge in [-0.3, -0.25) is 9.69 Å². The predicted octanol–water partition coefficient (Wildman–Crippen LogP) is 3.25. The fraction of sp³-hybridized carbons (Fsp3) is 0.350. The van der Waals surface area contributed by atoms with Crippen LogP contribution in [0.25, 0.3) is 0 Å². The summed E-state index contributed by atoms with van der Waals surface area (Å²) in [4.78, 5) is 12.9. The number of hydrogen-bond donors (Lipinski definition) is 1. The van der Waals surface area contributed by atoms with Crippen LogP contribution in [0.4, 0.5) is 0 Å². The minimum Gasteiger partial charge on any atom is -0.491 e. The van der Waals surface area contributed by atoms with Gasteiger partial charge in [0.15, 0.2) is 17.6 Å². The molecular weight excluding hydrogens is 370 g/mol. The van der Waals surface area contributed by atoms with Gasteiger partial charge in [-0.2, -0.15) is 0 Å². The Labute approximate surface area is 163 Å². The highest BCUT2D eigenvalue weighted by atomic mass is 35.5. The summed E-state index contributed by atoms with van der Waals surface area (Å²) >= 11 is 6.22. The lowest BCUT2D eigenvalue weighted by atomic mass is 10.0. The van der Waals surface area contributed by atoms with Crippen LogP contribution >= 0.6 is 11.6 Å². The number of benzene rings is 2. The van der Waals surface area contributed by atoms with E-state index in [-0.39, 0.29) is 12.6 Å². The van der Waals surface area contributed by atoms with E-state index in [9.17, 15) is 4.79 Å². The quantitative estimate of drug-likeness (QED) is 0.781. The Morgan fingerprint density at radius 2 is 2.07 bits per heavy atom. The van der Waals surface area contributed by atoms with Crippen molar-refractivity contribution in [1.29, 1.82) is 0 Å². The van der Waals surface area contributed by atoms with Gasteiger partial charge >= 0.3 is 5.97 Å².